The molecule has 0 saturated heterocycles. The standard InChI is InChI=1S/C15H12F2N2/c1-9-4-2-7-13-15(9)19-14(18-13)8-10-11(16)5-3-6-12(10)17/h2-7H,8H2,1H3,(H,18,19). The molecule has 2 nitrogen and oxygen atoms in total. The Balaban J connectivity index is 2.04. The number of para-hydroxylation sites is 1. The third-order valence-corrected chi connectivity index (χ3v) is 3.17. The van der Waals surface area contributed by atoms with E-state index >= 15 is 0 Å². The van der Waals surface area contributed by atoms with Crippen LogP contribution in [0.15, 0.2) is 36.4 Å². The molecular weight excluding hydrogens is 246 g/mol. The molecule has 0 atom stereocenters. The van der Waals surface area contributed by atoms with Gasteiger partial charge in [0.2, 0.25) is 0 Å². The smallest absolute Gasteiger partial charge is 0.129 e. The predicted octanol–water partition coefficient (Wildman–Crippen LogP) is 3.74. The van der Waals surface area contributed by atoms with Gasteiger partial charge < -0.3 is 4.98 Å². The highest BCUT2D eigenvalue weighted by Crippen LogP contribution is 2.19. The first-order chi connectivity index (χ1) is 9.15. The first-order valence-electron chi connectivity index (χ1n) is 6.02. The largest absolute Gasteiger partial charge is 0.342 e. The highest BCUT2D eigenvalue weighted by molar-refractivity contribution is 5.78. The van der Waals surface area contributed by atoms with Crippen molar-refractivity contribution in [2.45, 2.75) is 13.3 Å². The lowest BCUT2D eigenvalue weighted by atomic mass is 10.1. The van der Waals surface area contributed by atoms with E-state index in [1.165, 1.54) is 18.2 Å². The maximum atomic E-state index is 13.6. The van der Waals surface area contributed by atoms with Gasteiger partial charge in [-0.3, -0.25) is 0 Å². The van der Waals surface area contributed by atoms with Crippen molar-refractivity contribution in [2.75, 3.05) is 0 Å². The summed E-state index contributed by atoms with van der Waals surface area (Å²) in [6.07, 6.45) is 0.118. The number of nitrogens with zero attached hydrogens (tertiary/aromatic N) is 1. The number of benzene rings is 2. The monoisotopic (exact) mass is 258 g/mol. The van der Waals surface area contributed by atoms with Gasteiger partial charge in [-0.15, -0.1) is 0 Å². The number of nitrogens with one attached hydrogen (secondary N) is 1. The van der Waals surface area contributed by atoms with Crippen LogP contribution in [0.2, 0.25) is 0 Å². The van der Waals surface area contributed by atoms with Gasteiger partial charge >= 0.3 is 0 Å². The molecule has 0 bridgehead atoms. The van der Waals surface area contributed by atoms with Crippen LogP contribution < -0.4 is 0 Å². The molecule has 3 aromatic rings. The van der Waals surface area contributed by atoms with Gasteiger partial charge in [-0.25, -0.2) is 13.8 Å². The summed E-state index contributed by atoms with van der Waals surface area (Å²) in [5.41, 5.74) is 2.80. The lowest BCUT2D eigenvalue weighted by molar-refractivity contribution is 0.559. The molecule has 0 amide bonds. The fraction of sp³-hybridized carbons (Fsp3) is 0.133. The van der Waals surface area contributed by atoms with Crippen LogP contribution in [0.25, 0.3) is 11.0 Å². The zero-order chi connectivity index (χ0) is 13.4. The number of aromatic nitrogens is 2. The fourth-order valence-corrected chi connectivity index (χ4v) is 2.18. The van der Waals surface area contributed by atoms with Crippen LogP contribution in [0.3, 0.4) is 0 Å². The van der Waals surface area contributed by atoms with Crippen LogP contribution in [-0.2, 0) is 6.42 Å². The summed E-state index contributed by atoms with van der Waals surface area (Å²) in [5.74, 6) is -0.525. The summed E-state index contributed by atoms with van der Waals surface area (Å²) in [4.78, 5) is 7.50. The Morgan fingerprint density at radius 2 is 1.74 bits per heavy atom. The molecule has 96 valence electrons. The molecule has 0 aliphatic carbocycles. The number of halogens is 2. The Hall–Kier alpha value is -2.23. The van der Waals surface area contributed by atoms with Crippen LogP contribution in [0.5, 0.6) is 0 Å². The summed E-state index contributed by atoms with van der Waals surface area (Å²) in [7, 11) is 0. The average molecular weight is 258 g/mol. The average Bonchev–Trinajstić information content (AvgIpc) is 2.78. The first kappa shape index (κ1) is 11.8. The molecule has 3 rings (SSSR count). The molecule has 1 heterocycles. The van der Waals surface area contributed by atoms with Gasteiger partial charge in [0.15, 0.2) is 0 Å². The minimum absolute atomic E-state index is 0.0409. The van der Waals surface area contributed by atoms with Crippen LogP contribution in [0.4, 0.5) is 8.78 Å². The molecule has 0 aliphatic rings. The molecule has 19 heavy (non-hydrogen) atoms. The number of fused-ring (bicyclic) bond motifs is 1. The van der Waals surface area contributed by atoms with Crippen LogP contribution in [0.1, 0.15) is 17.0 Å². The first-order valence-corrected chi connectivity index (χ1v) is 6.02. The topological polar surface area (TPSA) is 28.7 Å². The Labute approximate surface area is 109 Å². The second-order valence-electron chi connectivity index (χ2n) is 4.53. The molecule has 0 radical (unpaired) electrons. The van der Waals surface area contributed by atoms with Crippen LogP contribution in [-0.4, -0.2) is 9.97 Å². The Bertz CT molecular complexity index is 727. The molecule has 0 spiro atoms. The van der Waals surface area contributed by atoms with Crippen molar-refractivity contribution in [2.24, 2.45) is 0 Å². The van der Waals surface area contributed by atoms with E-state index in [9.17, 15) is 8.78 Å². The van der Waals surface area contributed by atoms with Gasteiger partial charge in [0, 0.05) is 12.0 Å². The van der Waals surface area contributed by atoms with E-state index < -0.39 is 11.6 Å². The number of imidazole rings is 1. The van der Waals surface area contributed by atoms with Gasteiger partial charge in [0.1, 0.15) is 17.5 Å². The zero-order valence-electron chi connectivity index (χ0n) is 10.4. The third kappa shape index (κ3) is 2.10. The molecule has 1 N–H and O–H groups in total. The van der Waals surface area contributed by atoms with Crippen molar-refractivity contribution >= 4 is 11.0 Å². The van der Waals surface area contributed by atoms with Crippen molar-refractivity contribution < 1.29 is 8.78 Å². The lowest BCUT2D eigenvalue weighted by Gasteiger charge is -2.01. The summed E-state index contributed by atoms with van der Waals surface area (Å²) >= 11 is 0. The fourth-order valence-electron chi connectivity index (χ4n) is 2.18. The molecule has 0 unspecified atom stereocenters. The van der Waals surface area contributed by atoms with Crippen molar-refractivity contribution in [3.05, 3.63) is 65.0 Å². The number of hydrogen-bond acceptors (Lipinski definition) is 1. The highest BCUT2D eigenvalue weighted by atomic mass is 19.1. The van der Waals surface area contributed by atoms with E-state index in [4.69, 9.17) is 0 Å². The number of hydrogen-bond donors (Lipinski definition) is 1. The van der Waals surface area contributed by atoms with Gasteiger partial charge in [-0.05, 0) is 30.7 Å². The number of rotatable bonds is 2. The molecule has 1 aromatic heterocycles. The summed E-state index contributed by atoms with van der Waals surface area (Å²) in [6, 6.07) is 9.64. The van der Waals surface area contributed by atoms with Crippen molar-refractivity contribution in [1.29, 1.82) is 0 Å². The van der Waals surface area contributed by atoms with Gasteiger partial charge in [-0.1, -0.05) is 18.2 Å². The minimum Gasteiger partial charge on any atom is -0.342 e. The Morgan fingerprint density at radius 1 is 1.05 bits per heavy atom. The summed E-state index contributed by atoms with van der Waals surface area (Å²) in [5, 5.41) is 0. The maximum Gasteiger partial charge on any atom is 0.129 e. The number of H-pyrrole nitrogens is 1. The maximum absolute atomic E-state index is 13.6. The van der Waals surface area contributed by atoms with Crippen LogP contribution in [0, 0.1) is 18.6 Å². The molecule has 4 heteroatoms. The lowest BCUT2D eigenvalue weighted by Crippen LogP contribution is -1.98. The highest BCUT2D eigenvalue weighted by Gasteiger charge is 2.12. The molecule has 0 saturated carbocycles. The van der Waals surface area contributed by atoms with E-state index in [0.29, 0.717) is 5.82 Å². The van der Waals surface area contributed by atoms with E-state index in [1.807, 2.05) is 25.1 Å². The van der Waals surface area contributed by atoms with Gasteiger partial charge in [-0.2, -0.15) is 0 Å². The SMILES string of the molecule is Cc1cccc2[nH]c(Cc3c(F)cccc3F)nc12. The van der Waals surface area contributed by atoms with Gasteiger partial charge in [0.05, 0.1) is 11.0 Å². The van der Waals surface area contributed by atoms with Crippen molar-refractivity contribution in [3.8, 4) is 0 Å². The van der Waals surface area contributed by atoms with E-state index in [2.05, 4.69) is 9.97 Å². The molecule has 0 fully saturated rings. The second kappa shape index (κ2) is 4.46. The second-order valence-corrected chi connectivity index (χ2v) is 4.53. The van der Waals surface area contributed by atoms with E-state index in [-0.39, 0.29) is 12.0 Å². The van der Waals surface area contributed by atoms with E-state index in [0.717, 1.165) is 16.6 Å². The van der Waals surface area contributed by atoms with Crippen molar-refractivity contribution in [1.82, 2.24) is 9.97 Å². The van der Waals surface area contributed by atoms with Crippen molar-refractivity contribution in [3.63, 3.8) is 0 Å². The molecule has 2 aromatic carbocycles. The summed E-state index contributed by atoms with van der Waals surface area (Å²) < 4.78 is 27.2. The third-order valence-electron chi connectivity index (χ3n) is 3.17. The predicted molar refractivity (Wildman–Crippen MR) is 70.0 cm³/mol. The zero-order valence-corrected chi connectivity index (χ0v) is 10.4. The van der Waals surface area contributed by atoms with Crippen LogP contribution >= 0.6 is 0 Å². The normalized spacial score (nSPS) is 11.1. The molecule has 0 aliphatic heterocycles. The van der Waals surface area contributed by atoms with E-state index in [1.54, 1.807) is 0 Å². The molecular formula is C15H12F2N2. The quantitative estimate of drug-likeness (QED) is 0.745. The Morgan fingerprint density at radius 3 is 2.42 bits per heavy atom. The number of aryl methyl sites for hydroxylation is 1. The summed E-state index contributed by atoms with van der Waals surface area (Å²) in [6.45, 7) is 1.95. The minimum atomic E-state index is -0.544. The van der Waals surface area contributed by atoms with Gasteiger partial charge in [0.25, 0.3) is 0 Å². The number of aromatic amines is 1. The Kier molecular flexibility index (Phi) is 2.78.